The summed E-state index contributed by atoms with van der Waals surface area (Å²) in [4.78, 5) is 4.30. The summed E-state index contributed by atoms with van der Waals surface area (Å²) in [6, 6.07) is 17.0. The third-order valence-corrected chi connectivity index (χ3v) is 3.07. The van der Waals surface area contributed by atoms with E-state index in [1.54, 1.807) is 18.3 Å². The van der Waals surface area contributed by atoms with Crippen molar-refractivity contribution >= 4 is 28.0 Å². The van der Waals surface area contributed by atoms with Crippen molar-refractivity contribution in [2.24, 2.45) is 0 Å². The number of anilines is 3. The van der Waals surface area contributed by atoms with Gasteiger partial charge in [0.1, 0.15) is 0 Å². The smallest absolute Gasteiger partial charge is 0.0992 e. The Labute approximate surface area is 116 Å². The number of nitrogens with two attached hydrogens (primary N) is 1. The molecule has 0 aliphatic heterocycles. The van der Waals surface area contributed by atoms with Crippen molar-refractivity contribution in [2.75, 3.05) is 11.1 Å². The van der Waals surface area contributed by atoms with Gasteiger partial charge in [0.15, 0.2) is 0 Å². The highest BCUT2D eigenvalue weighted by Gasteiger charge is 2.05. The van der Waals surface area contributed by atoms with Gasteiger partial charge in [0.05, 0.1) is 22.8 Å². The van der Waals surface area contributed by atoms with E-state index in [-0.39, 0.29) is 0 Å². The van der Waals surface area contributed by atoms with Crippen LogP contribution in [0.2, 0.25) is 0 Å². The largest absolute Gasteiger partial charge is 0.397 e. The molecule has 4 heteroatoms. The van der Waals surface area contributed by atoms with E-state index in [9.17, 15) is 0 Å². The fraction of sp³-hybridized carbons (Fsp3) is 0. The predicted molar refractivity (Wildman–Crippen MR) is 80.6 cm³/mol. The standard InChI is InChI=1S/C16H12N4/c17-10-11-3-1-4-12(9-11)20-15-7-6-14(18)16-13(15)5-2-8-19-16/h1-9,20H,18H2. The number of rotatable bonds is 2. The van der Waals surface area contributed by atoms with Gasteiger partial charge in [-0.2, -0.15) is 5.26 Å². The highest BCUT2D eigenvalue weighted by molar-refractivity contribution is 5.99. The summed E-state index contributed by atoms with van der Waals surface area (Å²) in [5, 5.41) is 13.2. The average Bonchev–Trinajstić information content (AvgIpc) is 2.51. The highest BCUT2D eigenvalue weighted by Crippen LogP contribution is 2.29. The Kier molecular flexibility index (Phi) is 2.94. The maximum atomic E-state index is 8.93. The van der Waals surface area contributed by atoms with Gasteiger partial charge in [-0.1, -0.05) is 6.07 Å². The number of fused-ring (bicyclic) bond motifs is 1. The molecule has 1 heterocycles. The van der Waals surface area contributed by atoms with Gasteiger partial charge in [-0.3, -0.25) is 4.98 Å². The fourth-order valence-corrected chi connectivity index (χ4v) is 2.13. The van der Waals surface area contributed by atoms with Crippen molar-refractivity contribution in [2.45, 2.75) is 0 Å². The molecule has 3 N–H and O–H groups in total. The molecule has 0 bridgehead atoms. The second kappa shape index (κ2) is 4.90. The first kappa shape index (κ1) is 12.0. The van der Waals surface area contributed by atoms with Crippen molar-refractivity contribution in [1.82, 2.24) is 4.98 Å². The van der Waals surface area contributed by atoms with Gasteiger partial charge in [-0.25, -0.2) is 0 Å². The topological polar surface area (TPSA) is 74.7 Å². The monoisotopic (exact) mass is 260 g/mol. The molecule has 3 rings (SSSR count). The Bertz CT molecular complexity index is 818. The van der Waals surface area contributed by atoms with Crippen LogP contribution in [0.15, 0.2) is 54.7 Å². The van der Waals surface area contributed by atoms with Crippen LogP contribution < -0.4 is 11.1 Å². The van der Waals surface area contributed by atoms with Gasteiger partial charge in [0.25, 0.3) is 0 Å². The average molecular weight is 260 g/mol. The van der Waals surface area contributed by atoms with Gasteiger partial charge < -0.3 is 11.1 Å². The number of benzene rings is 2. The van der Waals surface area contributed by atoms with E-state index in [1.807, 2.05) is 36.4 Å². The molecular weight excluding hydrogens is 248 g/mol. The van der Waals surface area contributed by atoms with E-state index in [0.717, 1.165) is 22.3 Å². The van der Waals surface area contributed by atoms with Gasteiger partial charge in [0.2, 0.25) is 0 Å². The zero-order valence-electron chi connectivity index (χ0n) is 10.7. The van der Waals surface area contributed by atoms with Crippen LogP contribution in [0.1, 0.15) is 5.56 Å². The molecule has 0 saturated heterocycles. The SMILES string of the molecule is N#Cc1cccc(Nc2ccc(N)c3ncccc23)c1. The number of pyridine rings is 1. The third kappa shape index (κ3) is 2.13. The van der Waals surface area contributed by atoms with E-state index in [0.29, 0.717) is 11.3 Å². The van der Waals surface area contributed by atoms with Crippen molar-refractivity contribution in [1.29, 1.82) is 5.26 Å². The van der Waals surface area contributed by atoms with Gasteiger partial charge in [0, 0.05) is 23.0 Å². The van der Waals surface area contributed by atoms with Crippen LogP contribution in [0.4, 0.5) is 17.1 Å². The van der Waals surface area contributed by atoms with E-state index in [2.05, 4.69) is 16.4 Å². The molecule has 0 radical (unpaired) electrons. The zero-order valence-corrected chi connectivity index (χ0v) is 10.7. The maximum absolute atomic E-state index is 8.93. The number of hydrogen-bond donors (Lipinski definition) is 2. The van der Waals surface area contributed by atoms with Gasteiger partial charge in [-0.05, 0) is 42.5 Å². The first-order valence-corrected chi connectivity index (χ1v) is 6.18. The zero-order chi connectivity index (χ0) is 13.9. The van der Waals surface area contributed by atoms with Crippen molar-refractivity contribution in [3.05, 3.63) is 60.3 Å². The lowest BCUT2D eigenvalue weighted by Gasteiger charge is -2.11. The lowest BCUT2D eigenvalue weighted by molar-refractivity contribution is 1.41. The number of hydrogen-bond acceptors (Lipinski definition) is 4. The Morgan fingerprint density at radius 2 is 2.00 bits per heavy atom. The first-order valence-electron chi connectivity index (χ1n) is 6.18. The number of aromatic nitrogens is 1. The molecule has 3 aromatic rings. The highest BCUT2D eigenvalue weighted by atomic mass is 14.9. The number of nitrogens with one attached hydrogen (secondary N) is 1. The minimum atomic E-state index is 0.618. The Hall–Kier alpha value is -3.06. The number of nitrogen functional groups attached to an aromatic ring is 1. The summed E-state index contributed by atoms with van der Waals surface area (Å²) >= 11 is 0. The molecule has 0 spiro atoms. The maximum Gasteiger partial charge on any atom is 0.0992 e. The summed E-state index contributed by atoms with van der Waals surface area (Å²) in [6.07, 6.45) is 1.72. The Morgan fingerprint density at radius 3 is 2.85 bits per heavy atom. The summed E-state index contributed by atoms with van der Waals surface area (Å²) in [5.74, 6) is 0. The molecule has 0 fully saturated rings. The molecule has 1 aromatic heterocycles. The summed E-state index contributed by atoms with van der Waals surface area (Å²) in [5.41, 5.74) is 9.75. The molecule has 4 nitrogen and oxygen atoms in total. The molecule has 0 atom stereocenters. The first-order chi connectivity index (χ1) is 9.78. The molecule has 0 unspecified atom stereocenters. The number of nitriles is 1. The van der Waals surface area contributed by atoms with Crippen LogP contribution in [-0.4, -0.2) is 4.98 Å². The lowest BCUT2D eigenvalue weighted by atomic mass is 10.1. The van der Waals surface area contributed by atoms with E-state index in [1.165, 1.54) is 0 Å². The van der Waals surface area contributed by atoms with Crippen molar-refractivity contribution in [3.8, 4) is 6.07 Å². The van der Waals surface area contributed by atoms with E-state index < -0.39 is 0 Å². The molecule has 0 amide bonds. The van der Waals surface area contributed by atoms with Crippen LogP contribution in [0.3, 0.4) is 0 Å². The molecular formula is C16H12N4. The third-order valence-electron chi connectivity index (χ3n) is 3.07. The Balaban J connectivity index is 2.07. The van der Waals surface area contributed by atoms with Crippen LogP contribution in [0.5, 0.6) is 0 Å². The van der Waals surface area contributed by atoms with Crippen molar-refractivity contribution < 1.29 is 0 Å². The van der Waals surface area contributed by atoms with E-state index >= 15 is 0 Å². The van der Waals surface area contributed by atoms with Crippen LogP contribution in [-0.2, 0) is 0 Å². The van der Waals surface area contributed by atoms with Gasteiger partial charge >= 0.3 is 0 Å². The second-order valence-electron chi connectivity index (χ2n) is 4.42. The van der Waals surface area contributed by atoms with Crippen LogP contribution in [0.25, 0.3) is 10.9 Å². The minimum absolute atomic E-state index is 0.618. The number of nitrogens with zero attached hydrogens (tertiary/aromatic N) is 2. The van der Waals surface area contributed by atoms with Crippen LogP contribution in [0, 0.1) is 11.3 Å². The summed E-state index contributed by atoms with van der Waals surface area (Å²) in [6.45, 7) is 0. The molecule has 0 aliphatic rings. The predicted octanol–water partition coefficient (Wildman–Crippen LogP) is 3.43. The molecule has 20 heavy (non-hydrogen) atoms. The summed E-state index contributed by atoms with van der Waals surface area (Å²) < 4.78 is 0. The lowest BCUT2D eigenvalue weighted by Crippen LogP contribution is -1.95. The second-order valence-corrected chi connectivity index (χ2v) is 4.42. The summed E-state index contributed by atoms with van der Waals surface area (Å²) in [7, 11) is 0. The minimum Gasteiger partial charge on any atom is -0.397 e. The molecule has 0 aliphatic carbocycles. The van der Waals surface area contributed by atoms with Crippen LogP contribution >= 0.6 is 0 Å². The molecule has 96 valence electrons. The molecule has 0 saturated carbocycles. The quantitative estimate of drug-likeness (QED) is 0.692. The van der Waals surface area contributed by atoms with E-state index in [4.69, 9.17) is 11.0 Å². The fourth-order valence-electron chi connectivity index (χ4n) is 2.13. The Morgan fingerprint density at radius 1 is 1.10 bits per heavy atom. The molecule has 2 aromatic carbocycles. The normalized spacial score (nSPS) is 10.2. The van der Waals surface area contributed by atoms with Crippen molar-refractivity contribution in [3.63, 3.8) is 0 Å². The van der Waals surface area contributed by atoms with Gasteiger partial charge in [-0.15, -0.1) is 0 Å².